The molecule has 0 spiro atoms. The van der Waals surface area contributed by atoms with Crippen molar-refractivity contribution >= 4 is 27.9 Å². The Morgan fingerprint density at radius 1 is 1.40 bits per heavy atom. The lowest BCUT2D eigenvalue weighted by molar-refractivity contribution is 0.0602. The molecule has 0 aliphatic carbocycles. The van der Waals surface area contributed by atoms with Crippen molar-refractivity contribution in [1.29, 1.82) is 0 Å². The molecule has 0 unspecified atom stereocenters. The minimum absolute atomic E-state index is 0.0231. The highest BCUT2D eigenvalue weighted by Crippen LogP contribution is 2.21. The molecule has 1 N–H and O–H groups in total. The van der Waals surface area contributed by atoms with Gasteiger partial charge in [-0.3, -0.25) is 4.79 Å². The monoisotopic (exact) mass is 341 g/mol. The quantitative estimate of drug-likeness (QED) is 0.889. The van der Waals surface area contributed by atoms with E-state index in [2.05, 4.69) is 21.2 Å². The number of urea groups is 1. The van der Waals surface area contributed by atoms with Crippen LogP contribution in [0.2, 0.25) is 0 Å². The number of hydrogen-bond acceptors (Lipinski definition) is 3. The van der Waals surface area contributed by atoms with Crippen LogP contribution in [0.5, 0.6) is 0 Å². The minimum atomic E-state index is -0.111. The molecule has 1 atom stereocenters. The first-order chi connectivity index (χ1) is 9.65. The molecule has 0 bridgehead atoms. The Balaban J connectivity index is 1.68. The fraction of sp³-hybridized carbons (Fsp3) is 0.538. The Kier molecular flexibility index (Phi) is 3.69. The minimum Gasteiger partial charge on any atom is -0.444 e. The van der Waals surface area contributed by atoms with Crippen LogP contribution in [0.15, 0.2) is 21.2 Å². The third-order valence-corrected chi connectivity index (χ3v) is 4.22. The summed E-state index contributed by atoms with van der Waals surface area (Å²) in [7, 11) is 0. The van der Waals surface area contributed by atoms with Gasteiger partial charge in [0, 0.05) is 26.2 Å². The number of piperidine rings is 1. The first-order valence-electron chi connectivity index (χ1n) is 6.74. The first kappa shape index (κ1) is 13.5. The van der Waals surface area contributed by atoms with Crippen molar-refractivity contribution in [2.75, 3.05) is 26.2 Å². The number of likely N-dealkylation sites (tertiary alicyclic amines) is 1. The maximum atomic E-state index is 12.3. The van der Waals surface area contributed by atoms with E-state index in [1.807, 2.05) is 4.90 Å². The number of halogens is 1. The van der Waals surface area contributed by atoms with Crippen molar-refractivity contribution in [3.63, 3.8) is 0 Å². The molecule has 1 aromatic heterocycles. The van der Waals surface area contributed by atoms with Gasteiger partial charge in [-0.15, -0.1) is 0 Å². The lowest BCUT2D eigenvalue weighted by Crippen LogP contribution is -2.50. The second kappa shape index (κ2) is 5.47. The summed E-state index contributed by atoms with van der Waals surface area (Å²) in [6, 6.07) is 3.46. The Morgan fingerprint density at radius 3 is 2.90 bits per heavy atom. The molecule has 7 heteroatoms. The molecule has 3 heterocycles. The Hall–Kier alpha value is -1.50. The maximum Gasteiger partial charge on any atom is 0.317 e. The molecule has 2 fully saturated rings. The number of furan rings is 1. The number of rotatable bonds is 2. The molecule has 0 saturated carbocycles. The molecule has 2 saturated heterocycles. The van der Waals surface area contributed by atoms with Crippen LogP contribution in [0.3, 0.4) is 0 Å². The van der Waals surface area contributed by atoms with Crippen molar-refractivity contribution in [3.8, 4) is 0 Å². The fourth-order valence-corrected chi connectivity index (χ4v) is 3.12. The summed E-state index contributed by atoms with van der Waals surface area (Å²) >= 11 is 3.20. The molecule has 1 aromatic rings. The van der Waals surface area contributed by atoms with Gasteiger partial charge in [-0.25, -0.2) is 4.79 Å². The zero-order valence-corrected chi connectivity index (χ0v) is 12.6. The lowest BCUT2D eigenvalue weighted by Gasteiger charge is -2.36. The summed E-state index contributed by atoms with van der Waals surface area (Å²) in [5.41, 5.74) is 0. The van der Waals surface area contributed by atoms with Gasteiger partial charge in [0.1, 0.15) is 0 Å². The van der Waals surface area contributed by atoms with E-state index in [9.17, 15) is 9.59 Å². The summed E-state index contributed by atoms with van der Waals surface area (Å²) < 4.78 is 5.86. The average Bonchev–Trinajstić information content (AvgIpc) is 3.07. The SMILES string of the molecule is O=C(c1ccc(Br)o1)N1CCC[C@@H](N2CCNC2=O)C1. The number of carbonyl (C=O) groups excluding carboxylic acids is 2. The molecule has 0 aromatic carbocycles. The summed E-state index contributed by atoms with van der Waals surface area (Å²) in [4.78, 5) is 27.7. The van der Waals surface area contributed by atoms with Crippen LogP contribution in [0, 0.1) is 0 Å². The number of carbonyl (C=O) groups is 2. The molecular formula is C13H16BrN3O3. The van der Waals surface area contributed by atoms with Crippen molar-refractivity contribution in [3.05, 3.63) is 22.6 Å². The molecular weight excluding hydrogens is 326 g/mol. The zero-order chi connectivity index (χ0) is 14.1. The van der Waals surface area contributed by atoms with Gasteiger partial charge in [-0.1, -0.05) is 0 Å². The Bertz CT molecular complexity index is 531. The summed E-state index contributed by atoms with van der Waals surface area (Å²) in [5, 5.41) is 2.80. The Morgan fingerprint density at radius 2 is 2.25 bits per heavy atom. The van der Waals surface area contributed by atoms with E-state index in [0.29, 0.717) is 30.1 Å². The highest BCUT2D eigenvalue weighted by Gasteiger charge is 2.33. The first-order valence-corrected chi connectivity index (χ1v) is 7.53. The van der Waals surface area contributed by atoms with Crippen LogP contribution in [-0.4, -0.2) is 54.0 Å². The largest absolute Gasteiger partial charge is 0.444 e. The summed E-state index contributed by atoms with van der Waals surface area (Å²) in [6.07, 6.45) is 1.85. The molecule has 3 amide bonds. The topological polar surface area (TPSA) is 65.8 Å². The van der Waals surface area contributed by atoms with Gasteiger partial charge < -0.3 is 19.5 Å². The highest BCUT2D eigenvalue weighted by molar-refractivity contribution is 9.10. The standard InChI is InChI=1S/C13H16BrN3O3/c14-11-4-3-10(20-11)12(18)16-6-1-2-9(8-16)17-7-5-15-13(17)19/h3-4,9H,1-2,5-8H2,(H,15,19)/t9-/m1/s1. The Labute approximate surface area is 125 Å². The summed E-state index contributed by atoms with van der Waals surface area (Å²) in [5.74, 6) is 0.225. The second-order valence-electron chi connectivity index (χ2n) is 5.08. The second-order valence-corrected chi connectivity index (χ2v) is 5.86. The third kappa shape index (κ3) is 2.54. The predicted octanol–water partition coefficient (Wildman–Crippen LogP) is 1.67. The van der Waals surface area contributed by atoms with Gasteiger partial charge in [0.05, 0.1) is 6.04 Å². The van der Waals surface area contributed by atoms with Gasteiger partial charge in [0.2, 0.25) is 0 Å². The van der Waals surface area contributed by atoms with Crippen molar-refractivity contribution in [1.82, 2.24) is 15.1 Å². The van der Waals surface area contributed by atoms with Gasteiger partial charge >= 0.3 is 6.03 Å². The van der Waals surface area contributed by atoms with Gasteiger partial charge in [-0.2, -0.15) is 0 Å². The third-order valence-electron chi connectivity index (χ3n) is 3.80. The number of amides is 3. The average molecular weight is 342 g/mol. The lowest BCUT2D eigenvalue weighted by atomic mass is 10.0. The molecule has 6 nitrogen and oxygen atoms in total. The van der Waals surface area contributed by atoms with Crippen molar-refractivity contribution in [2.45, 2.75) is 18.9 Å². The van der Waals surface area contributed by atoms with Crippen LogP contribution in [0.25, 0.3) is 0 Å². The van der Waals surface area contributed by atoms with Crippen molar-refractivity contribution < 1.29 is 14.0 Å². The van der Waals surface area contributed by atoms with E-state index in [1.165, 1.54) is 0 Å². The van der Waals surface area contributed by atoms with Gasteiger partial charge in [-0.05, 0) is 40.9 Å². The smallest absolute Gasteiger partial charge is 0.317 e. The van der Waals surface area contributed by atoms with Crippen LogP contribution in [0.4, 0.5) is 4.79 Å². The van der Waals surface area contributed by atoms with Crippen LogP contribution < -0.4 is 5.32 Å². The summed E-state index contributed by atoms with van der Waals surface area (Å²) in [6.45, 7) is 2.69. The molecule has 3 rings (SSSR count). The van der Waals surface area contributed by atoms with E-state index in [1.54, 1.807) is 17.0 Å². The molecule has 2 aliphatic rings. The van der Waals surface area contributed by atoms with Crippen LogP contribution in [0.1, 0.15) is 23.4 Å². The molecule has 2 aliphatic heterocycles. The molecule has 108 valence electrons. The van der Waals surface area contributed by atoms with Gasteiger partial charge in [0.25, 0.3) is 5.91 Å². The molecule has 0 radical (unpaired) electrons. The number of hydrogen-bond donors (Lipinski definition) is 1. The predicted molar refractivity (Wildman–Crippen MR) is 75.4 cm³/mol. The fourth-order valence-electron chi connectivity index (χ4n) is 2.81. The normalized spacial score (nSPS) is 23.1. The zero-order valence-electron chi connectivity index (χ0n) is 11.0. The number of nitrogens with one attached hydrogen (secondary N) is 1. The van der Waals surface area contributed by atoms with E-state index < -0.39 is 0 Å². The van der Waals surface area contributed by atoms with Crippen molar-refractivity contribution in [2.24, 2.45) is 0 Å². The molecule has 20 heavy (non-hydrogen) atoms. The van der Waals surface area contributed by atoms with E-state index in [-0.39, 0.29) is 18.0 Å². The maximum absolute atomic E-state index is 12.3. The van der Waals surface area contributed by atoms with E-state index in [4.69, 9.17) is 4.42 Å². The van der Waals surface area contributed by atoms with E-state index >= 15 is 0 Å². The van der Waals surface area contributed by atoms with Crippen LogP contribution >= 0.6 is 15.9 Å². The van der Waals surface area contributed by atoms with Crippen LogP contribution in [-0.2, 0) is 0 Å². The number of nitrogens with zero attached hydrogens (tertiary/aromatic N) is 2. The highest BCUT2D eigenvalue weighted by atomic mass is 79.9. The van der Waals surface area contributed by atoms with Gasteiger partial charge in [0.15, 0.2) is 10.4 Å². The van der Waals surface area contributed by atoms with E-state index in [0.717, 1.165) is 19.4 Å².